The molecule has 2 aromatic rings. The van der Waals surface area contributed by atoms with Gasteiger partial charge in [0.05, 0.1) is 5.69 Å². The van der Waals surface area contributed by atoms with Crippen LogP contribution in [0, 0.1) is 12.8 Å². The summed E-state index contributed by atoms with van der Waals surface area (Å²) >= 11 is 1.32. The Morgan fingerprint density at radius 2 is 2.04 bits per heavy atom. The topological polar surface area (TPSA) is 71.1 Å². The van der Waals surface area contributed by atoms with Crippen LogP contribution in [-0.4, -0.2) is 16.8 Å². The summed E-state index contributed by atoms with van der Waals surface area (Å²) < 4.78 is 0. The van der Waals surface area contributed by atoms with Crippen LogP contribution in [-0.2, 0) is 4.79 Å². The normalized spacial score (nSPS) is 16.1. The van der Waals surface area contributed by atoms with Crippen molar-refractivity contribution in [2.24, 2.45) is 5.92 Å². The summed E-state index contributed by atoms with van der Waals surface area (Å²) in [6.07, 6.45) is 6.55. The number of amides is 2. The van der Waals surface area contributed by atoms with Gasteiger partial charge < -0.3 is 0 Å². The third kappa shape index (κ3) is 3.89. The molecule has 1 aromatic heterocycles. The molecule has 1 atom stereocenters. The summed E-state index contributed by atoms with van der Waals surface area (Å²) in [5, 5.41) is 0.792. The van der Waals surface area contributed by atoms with Crippen LogP contribution in [0.2, 0.25) is 0 Å². The molecule has 0 radical (unpaired) electrons. The largest absolute Gasteiger partial charge is 0.281 e. The van der Waals surface area contributed by atoms with Crippen molar-refractivity contribution in [3.8, 4) is 10.6 Å². The van der Waals surface area contributed by atoms with Crippen LogP contribution in [0.15, 0.2) is 42.5 Å². The van der Waals surface area contributed by atoms with Gasteiger partial charge >= 0.3 is 0 Å². The smallest absolute Gasteiger partial charge is 0.273 e. The van der Waals surface area contributed by atoms with Crippen molar-refractivity contribution in [2.45, 2.75) is 26.2 Å². The fourth-order valence-corrected chi connectivity index (χ4v) is 3.62. The first-order valence-electron chi connectivity index (χ1n) is 7.92. The lowest BCUT2D eigenvalue weighted by Crippen LogP contribution is -2.42. The number of thiazole rings is 1. The van der Waals surface area contributed by atoms with Crippen LogP contribution < -0.4 is 10.9 Å². The fourth-order valence-electron chi connectivity index (χ4n) is 2.65. The Hall–Kier alpha value is -2.47. The SMILES string of the molecule is Cc1nc(-c2ccccc2)sc1C(=O)NNC(=O)CC1C=CCC1. The van der Waals surface area contributed by atoms with E-state index in [1.165, 1.54) is 11.3 Å². The van der Waals surface area contributed by atoms with Crippen LogP contribution in [0.4, 0.5) is 0 Å². The number of hydrogen-bond donors (Lipinski definition) is 2. The summed E-state index contributed by atoms with van der Waals surface area (Å²) in [6.45, 7) is 1.79. The van der Waals surface area contributed by atoms with Crippen LogP contribution >= 0.6 is 11.3 Å². The van der Waals surface area contributed by atoms with Gasteiger partial charge in [0.25, 0.3) is 5.91 Å². The molecule has 0 fully saturated rings. The van der Waals surface area contributed by atoms with Gasteiger partial charge in [-0.3, -0.25) is 20.4 Å². The van der Waals surface area contributed by atoms with Crippen molar-refractivity contribution in [3.63, 3.8) is 0 Å². The Labute approximate surface area is 144 Å². The third-order valence-electron chi connectivity index (χ3n) is 3.90. The van der Waals surface area contributed by atoms with E-state index in [9.17, 15) is 9.59 Å². The number of nitrogens with zero attached hydrogens (tertiary/aromatic N) is 1. The lowest BCUT2D eigenvalue weighted by Gasteiger charge is -2.09. The monoisotopic (exact) mass is 341 g/mol. The van der Waals surface area contributed by atoms with E-state index in [-0.39, 0.29) is 17.7 Å². The number of benzene rings is 1. The summed E-state index contributed by atoms with van der Waals surface area (Å²) in [6, 6.07) is 9.72. The van der Waals surface area contributed by atoms with Crippen molar-refractivity contribution in [3.05, 3.63) is 53.1 Å². The average molecular weight is 341 g/mol. The van der Waals surface area contributed by atoms with Crippen molar-refractivity contribution in [2.75, 3.05) is 0 Å². The predicted octanol–water partition coefficient (Wildman–Crippen LogP) is 3.24. The quantitative estimate of drug-likeness (QED) is 0.662. The molecule has 24 heavy (non-hydrogen) atoms. The number of allylic oxidation sites excluding steroid dienone is 2. The van der Waals surface area contributed by atoms with Gasteiger partial charge in [-0.1, -0.05) is 42.5 Å². The molecule has 0 bridgehead atoms. The summed E-state index contributed by atoms with van der Waals surface area (Å²) in [5.74, 6) is -0.232. The van der Waals surface area contributed by atoms with Crippen molar-refractivity contribution >= 4 is 23.2 Å². The first kappa shape index (κ1) is 16.4. The van der Waals surface area contributed by atoms with Gasteiger partial charge in [0.1, 0.15) is 9.88 Å². The second kappa shape index (κ2) is 7.40. The van der Waals surface area contributed by atoms with E-state index in [0.717, 1.165) is 23.4 Å². The Morgan fingerprint density at radius 3 is 2.75 bits per heavy atom. The molecule has 5 nitrogen and oxygen atoms in total. The van der Waals surface area contributed by atoms with Gasteiger partial charge in [0, 0.05) is 12.0 Å². The highest BCUT2D eigenvalue weighted by Gasteiger charge is 2.18. The maximum absolute atomic E-state index is 12.3. The molecule has 124 valence electrons. The number of aromatic nitrogens is 1. The molecule has 2 amide bonds. The van der Waals surface area contributed by atoms with Gasteiger partial charge in [0.2, 0.25) is 5.91 Å². The highest BCUT2D eigenvalue weighted by molar-refractivity contribution is 7.17. The Kier molecular flexibility index (Phi) is 5.05. The number of carbonyl (C=O) groups excluding carboxylic acids is 2. The number of aryl methyl sites for hydroxylation is 1. The molecule has 1 aliphatic rings. The first-order valence-corrected chi connectivity index (χ1v) is 8.74. The highest BCUT2D eigenvalue weighted by atomic mass is 32.1. The molecule has 0 saturated carbocycles. The molecule has 0 aliphatic heterocycles. The van der Waals surface area contributed by atoms with Crippen LogP contribution in [0.25, 0.3) is 10.6 Å². The minimum atomic E-state index is -0.331. The molecular formula is C18H19N3O2S. The molecule has 6 heteroatoms. The second-order valence-electron chi connectivity index (χ2n) is 5.77. The molecular weight excluding hydrogens is 322 g/mol. The number of nitrogens with one attached hydrogen (secondary N) is 2. The van der Waals surface area contributed by atoms with Crippen LogP contribution in [0.3, 0.4) is 0 Å². The molecule has 0 saturated heterocycles. The van der Waals surface area contributed by atoms with E-state index < -0.39 is 0 Å². The Bertz CT molecular complexity index is 768. The van der Waals surface area contributed by atoms with E-state index >= 15 is 0 Å². The number of carbonyl (C=O) groups is 2. The Morgan fingerprint density at radius 1 is 1.25 bits per heavy atom. The summed E-state index contributed by atoms with van der Waals surface area (Å²) in [7, 11) is 0. The van der Waals surface area contributed by atoms with Gasteiger partial charge in [-0.25, -0.2) is 4.98 Å². The molecule has 2 N–H and O–H groups in total. The predicted molar refractivity (Wildman–Crippen MR) is 94.4 cm³/mol. The molecule has 1 aromatic carbocycles. The molecule has 0 spiro atoms. The van der Waals surface area contributed by atoms with Crippen LogP contribution in [0.5, 0.6) is 0 Å². The number of hydrazine groups is 1. The van der Waals surface area contributed by atoms with Crippen molar-refractivity contribution in [1.82, 2.24) is 15.8 Å². The number of rotatable bonds is 4. The molecule has 3 rings (SSSR count). The number of hydrogen-bond acceptors (Lipinski definition) is 4. The summed E-state index contributed by atoms with van der Waals surface area (Å²) in [4.78, 5) is 29.1. The van der Waals surface area contributed by atoms with Gasteiger partial charge in [-0.05, 0) is 25.7 Å². The fraction of sp³-hybridized carbons (Fsp3) is 0.278. The van der Waals surface area contributed by atoms with E-state index in [4.69, 9.17) is 0 Å². The average Bonchev–Trinajstić information content (AvgIpc) is 3.23. The molecule has 1 aliphatic carbocycles. The second-order valence-corrected chi connectivity index (χ2v) is 6.77. The lowest BCUT2D eigenvalue weighted by molar-refractivity contribution is -0.122. The molecule has 1 heterocycles. The third-order valence-corrected chi connectivity index (χ3v) is 5.10. The van der Waals surface area contributed by atoms with E-state index in [2.05, 4.69) is 28.0 Å². The zero-order valence-electron chi connectivity index (χ0n) is 13.4. The van der Waals surface area contributed by atoms with Gasteiger partial charge in [0.15, 0.2) is 0 Å². The van der Waals surface area contributed by atoms with E-state index in [1.54, 1.807) is 6.92 Å². The zero-order valence-corrected chi connectivity index (χ0v) is 14.2. The van der Waals surface area contributed by atoms with E-state index in [0.29, 0.717) is 17.0 Å². The van der Waals surface area contributed by atoms with Crippen molar-refractivity contribution in [1.29, 1.82) is 0 Å². The maximum Gasteiger partial charge on any atom is 0.281 e. The Balaban J connectivity index is 1.60. The minimum Gasteiger partial charge on any atom is -0.273 e. The van der Waals surface area contributed by atoms with E-state index in [1.807, 2.05) is 30.3 Å². The van der Waals surface area contributed by atoms with Crippen LogP contribution in [0.1, 0.15) is 34.6 Å². The molecule has 1 unspecified atom stereocenters. The maximum atomic E-state index is 12.3. The zero-order chi connectivity index (χ0) is 16.9. The summed E-state index contributed by atoms with van der Waals surface area (Å²) in [5.41, 5.74) is 6.61. The van der Waals surface area contributed by atoms with Crippen molar-refractivity contribution < 1.29 is 9.59 Å². The standard InChI is InChI=1S/C18H19N3O2S/c1-12-16(24-18(19-12)14-9-3-2-4-10-14)17(23)21-20-15(22)11-13-7-5-6-8-13/h2-5,7,9-10,13H,6,8,11H2,1H3,(H,20,22)(H,21,23). The lowest BCUT2D eigenvalue weighted by atomic mass is 10.1. The first-order chi connectivity index (χ1) is 11.6. The van der Waals surface area contributed by atoms with Gasteiger partial charge in [-0.2, -0.15) is 0 Å². The highest BCUT2D eigenvalue weighted by Crippen LogP contribution is 2.27. The minimum absolute atomic E-state index is 0.176. The van der Waals surface area contributed by atoms with Gasteiger partial charge in [-0.15, -0.1) is 11.3 Å².